The minimum Gasteiger partial charge on any atom is -0.462 e. The Morgan fingerprint density at radius 3 is 2.50 bits per heavy atom. The molecule has 0 radical (unpaired) electrons. The van der Waals surface area contributed by atoms with E-state index in [0.717, 1.165) is 32.5 Å². The summed E-state index contributed by atoms with van der Waals surface area (Å²) in [5.41, 5.74) is 5.45. The van der Waals surface area contributed by atoms with Gasteiger partial charge < -0.3 is 15.4 Å². The Morgan fingerprint density at radius 1 is 1.50 bits per heavy atom. The largest absolute Gasteiger partial charge is 0.462 e. The van der Waals surface area contributed by atoms with E-state index in [0.29, 0.717) is 6.54 Å². The Hall–Kier alpha value is -0.320. The molecule has 1 saturated heterocycles. The van der Waals surface area contributed by atoms with Gasteiger partial charge in [0.25, 0.3) is 0 Å². The van der Waals surface area contributed by atoms with Crippen LogP contribution in [0.25, 0.3) is 0 Å². The second-order valence-electron chi connectivity index (χ2n) is 3.44. The van der Waals surface area contributed by atoms with Crippen LogP contribution in [-0.2, 0) is 9.53 Å². The highest BCUT2D eigenvalue weighted by atomic mass is 35.5. The summed E-state index contributed by atoms with van der Waals surface area (Å²) in [6.45, 7) is 5.11. The molecule has 5 heteroatoms. The van der Waals surface area contributed by atoms with E-state index in [2.05, 4.69) is 4.90 Å². The van der Waals surface area contributed by atoms with Crippen molar-refractivity contribution in [3.63, 3.8) is 0 Å². The average Bonchev–Trinajstić information content (AvgIpc) is 2.08. The van der Waals surface area contributed by atoms with Crippen LogP contribution >= 0.6 is 12.4 Å². The van der Waals surface area contributed by atoms with Crippen molar-refractivity contribution < 1.29 is 9.53 Å². The number of carbonyl (C=O) groups is 1. The molecule has 0 atom stereocenters. The van der Waals surface area contributed by atoms with Crippen molar-refractivity contribution in [2.45, 2.75) is 25.9 Å². The highest BCUT2D eigenvalue weighted by Gasteiger charge is 2.20. The summed E-state index contributed by atoms with van der Waals surface area (Å²) < 4.78 is 5.12. The van der Waals surface area contributed by atoms with Gasteiger partial charge in [-0.05, 0) is 12.8 Å². The smallest absolute Gasteiger partial charge is 0.302 e. The molecule has 1 aliphatic heterocycles. The lowest BCUT2D eigenvalue weighted by Gasteiger charge is -2.30. The van der Waals surface area contributed by atoms with Gasteiger partial charge in [0.15, 0.2) is 0 Å². The number of nitrogens with two attached hydrogens (primary N) is 1. The standard InChI is InChI=1S/C9H18N2O2.ClH/c1-8(12)13-9-2-5-11(6-3-9)7-4-10;/h9H,2-7,10H2,1H3;1H. The Kier molecular flexibility index (Phi) is 6.87. The molecule has 2 N–H and O–H groups in total. The predicted octanol–water partition coefficient (Wildman–Crippen LogP) is 0.394. The second kappa shape index (κ2) is 7.04. The molecule has 0 unspecified atom stereocenters. The van der Waals surface area contributed by atoms with Crippen LogP contribution in [0.15, 0.2) is 0 Å². The van der Waals surface area contributed by atoms with Crippen LogP contribution in [0, 0.1) is 0 Å². The van der Waals surface area contributed by atoms with E-state index in [1.807, 2.05) is 0 Å². The number of piperidine rings is 1. The van der Waals surface area contributed by atoms with Gasteiger partial charge in [0, 0.05) is 33.1 Å². The molecule has 1 fully saturated rings. The maximum atomic E-state index is 10.7. The fourth-order valence-corrected chi connectivity index (χ4v) is 1.67. The number of hydrogen-bond donors (Lipinski definition) is 1. The summed E-state index contributed by atoms with van der Waals surface area (Å²) in [7, 11) is 0. The number of esters is 1. The summed E-state index contributed by atoms with van der Waals surface area (Å²) in [5, 5.41) is 0. The Balaban J connectivity index is 0.00000169. The monoisotopic (exact) mass is 222 g/mol. The summed E-state index contributed by atoms with van der Waals surface area (Å²) >= 11 is 0. The van der Waals surface area contributed by atoms with Crippen molar-refractivity contribution in [2.24, 2.45) is 5.73 Å². The van der Waals surface area contributed by atoms with Crippen molar-refractivity contribution in [1.82, 2.24) is 4.90 Å². The van der Waals surface area contributed by atoms with Crippen LogP contribution in [0.2, 0.25) is 0 Å². The maximum Gasteiger partial charge on any atom is 0.302 e. The first kappa shape index (κ1) is 13.7. The number of ether oxygens (including phenoxy) is 1. The van der Waals surface area contributed by atoms with E-state index in [1.54, 1.807) is 0 Å². The van der Waals surface area contributed by atoms with Crippen LogP contribution in [0.4, 0.5) is 0 Å². The Bertz CT molecular complexity index is 170. The van der Waals surface area contributed by atoms with Gasteiger partial charge in [-0.2, -0.15) is 0 Å². The molecule has 4 nitrogen and oxygen atoms in total. The topological polar surface area (TPSA) is 55.6 Å². The molecule has 1 rings (SSSR count). The van der Waals surface area contributed by atoms with Gasteiger partial charge in [-0.15, -0.1) is 12.4 Å². The maximum absolute atomic E-state index is 10.7. The molecule has 0 aromatic rings. The van der Waals surface area contributed by atoms with Gasteiger partial charge >= 0.3 is 5.97 Å². The zero-order valence-electron chi connectivity index (χ0n) is 8.57. The first-order valence-electron chi connectivity index (χ1n) is 4.82. The molecule has 0 aliphatic carbocycles. The van der Waals surface area contributed by atoms with Crippen molar-refractivity contribution >= 4 is 18.4 Å². The van der Waals surface area contributed by atoms with Crippen LogP contribution in [0.3, 0.4) is 0 Å². The quantitative estimate of drug-likeness (QED) is 0.703. The van der Waals surface area contributed by atoms with E-state index in [4.69, 9.17) is 10.5 Å². The summed E-state index contributed by atoms with van der Waals surface area (Å²) in [5.74, 6) is -0.169. The first-order valence-corrected chi connectivity index (χ1v) is 4.82. The van der Waals surface area contributed by atoms with Crippen molar-refractivity contribution in [3.05, 3.63) is 0 Å². The normalized spacial score (nSPS) is 18.7. The lowest BCUT2D eigenvalue weighted by Crippen LogP contribution is -2.40. The second-order valence-corrected chi connectivity index (χ2v) is 3.44. The lowest BCUT2D eigenvalue weighted by molar-refractivity contribution is -0.148. The number of rotatable bonds is 3. The molecule has 1 aliphatic rings. The minimum atomic E-state index is -0.169. The van der Waals surface area contributed by atoms with E-state index in [-0.39, 0.29) is 24.5 Å². The third-order valence-electron chi connectivity index (χ3n) is 2.31. The highest BCUT2D eigenvalue weighted by Crippen LogP contribution is 2.12. The molecule has 0 bridgehead atoms. The molecule has 0 aromatic carbocycles. The zero-order valence-corrected chi connectivity index (χ0v) is 9.39. The number of hydrogen-bond acceptors (Lipinski definition) is 4. The van der Waals surface area contributed by atoms with Gasteiger partial charge in [-0.1, -0.05) is 0 Å². The third kappa shape index (κ3) is 4.79. The molecule has 0 amide bonds. The molecule has 1 heterocycles. The number of nitrogens with zero attached hydrogens (tertiary/aromatic N) is 1. The number of carbonyl (C=O) groups excluding carboxylic acids is 1. The molecule has 0 aromatic heterocycles. The zero-order chi connectivity index (χ0) is 9.68. The molecule has 14 heavy (non-hydrogen) atoms. The van der Waals surface area contributed by atoms with Crippen molar-refractivity contribution in [2.75, 3.05) is 26.2 Å². The van der Waals surface area contributed by atoms with Crippen LogP contribution < -0.4 is 5.73 Å². The van der Waals surface area contributed by atoms with Crippen LogP contribution in [-0.4, -0.2) is 43.2 Å². The highest BCUT2D eigenvalue weighted by molar-refractivity contribution is 5.85. The van der Waals surface area contributed by atoms with Crippen molar-refractivity contribution in [1.29, 1.82) is 0 Å². The van der Waals surface area contributed by atoms with Crippen LogP contribution in [0.5, 0.6) is 0 Å². The summed E-state index contributed by atoms with van der Waals surface area (Å²) in [6.07, 6.45) is 2.02. The van der Waals surface area contributed by atoms with E-state index < -0.39 is 0 Å². The van der Waals surface area contributed by atoms with Crippen molar-refractivity contribution in [3.8, 4) is 0 Å². The molecular weight excluding hydrogens is 204 g/mol. The Morgan fingerprint density at radius 2 is 2.07 bits per heavy atom. The summed E-state index contributed by atoms with van der Waals surface area (Å²) in [4.78, 5) is 13.0. The average molecular weight is 223 g/mol. The van der Waals surface area contributed by atoms with Gasteiger partial charge in [0.05, 0.1) is 0 Å². The van der Waals surface area contributed by atoms with Gasteiger partial charge in [0.1, 0.15) is 6.10 Å². The number of halogens is 1. The van der Waals surface area contributed by atoms with Gasteiger partial charge in [-0.25, -0.2) is 0 Å². The summed E-state index contributed by atoms with van der Waals surface area (Å²) in [6, 6.07) is 0. The minimum absolute atomic E-state index is 0. The number of likely N-dealkylation sites (tertiary alicyclic amines) is 1. The fourth-order valence-electron chi connectivity index (χ4n) is 1.67. The van der Waals surface area contributed by atoms with Gasteiger partial charge in [0.2, 0.25) is 0 Å². The molecular formula is C9H19ClN2O2. The van der Waals surface area contributed by atoms with E-state index in [9.17, 15) is 4.79 Å². The van der Waals surface area contributed by atoms with E-state index >= 15 is 0 Å². The fraction of sp³-hybridized carbons (Fsp3) is 0.889. The third-order valence-corrected chi connectivity index (χ3v) is 2.31. The van der Waals surface area contributed by atoms with Crippen LogP contribution in [0.1, 0.15) is 19.8 Å². The van der Waals surface area contributed by atoms with E-state index in [1.165, 1.54) is 6.92 Å². The molecule has 84 valence electrons. The molecule has 0 saturated carbocycles. The van der Waals surface area contributed by atoms with Gasteiger partial charge in [-0.3, -0.25) is 4.79 Å². The predicted molar refractivity (Wildman–Crippen MR) is 57.5 cm³/mol. The Labute approximate surface area is 91.2 Å². The lowest BCUT2D eigenvalue weighted by atomic mass is 10.1. The molecule has 0 spiro atoms. The first-order chi connectivity index (χ1) is 6.22. The SMILES string of the molecule is CC(=O)OC1CCN(CCN)CC1.Cl.